The lowest BCUT2D eigenvalue weighted by molar-refractivity contribution is -0.439. The monoisotopic (exact) mass is 241 g/mol. The average molecular weight is 241 g/mol. The molecule has 0 aromatic heterocycles. The predicted octanol–water partition coefficient (Wildman–Crippen LogP) is 3.92. The van der Waals surface area contributed by atoms with Gasteiger partial charge in [0.05, 0.1) is 5.22 Å². The number of hydrogen-bond acceptors (Lipinski definition) is 2. The highest BCUT2D eigenvalue weighted by molar-refractivity contribution is 5.43. The maximum atomic E-state index is 11.7. The zero-order chi connectivity index (χ0) is 13.0. The van der Waals surface area contributed by atoms with Crippen molar-refractivity contribution in [2.45, 2.75) is 13.8 Å². The molecule has 0 saturated heterocycles. The highest BCUT2D eigenvalue weighted by Crippen LogP contribution is 2.13. The van der Waals surface area contributed by atoms with Crippen molar-refractivity contribution in [2.75, 3.05) is 5.43 Å². The van der Waals surface area contributed by atoms with Gasteiger partial charge in [-0.3, -0.25) is 0 Å². The summed E-state index contributed by atoms with van der Waals surface area (Å²) in [6.07, 6.45) is 0. The van der Waals surface area contributed by atoms with Crippen LogP contribution in [0.4, 0.5) is 11.4 Å². The highest BCUT2D eigenvalue weighted by Gasteiger charge is 1.98. The number of aryl methyl sites for hydroxylation is 2. The Morgan fingerprint density at radius 2 is 1.39 bits per heavy atom. The zero-order valence-corrected chi connectivity index (χ0v) is 10.4. The fourth-order valence-corrected chi connectivity index (χ4v) is 1.46. The van der Waals surface area contributed by atoms with E-state index in [2.05, 4.69) is 10.6 Å². The van der Waals surface area contributed by atoms with Gasteiger partial charge in [-0.15, -0.1) is 10.3 Å². The van der Waals surface area contributed by atoms with E-state index in [-0.39, 0.29) is 0 Å². The molecule has 0 bridgehead atoms. The van der Waals surface area contributed by atoms with Crippen molar-refractivity contribution in [3.8, 4) is 0 Å². The molecule has 0 saturated carbocycles. The molecule has 0 aliphatic heterocycles. The van der Waals surface area contributed by atoms with Gasteiger partial charge in [0.1, 0.15) is 5.69 Å². The summed E-state index contributed by atoms with van der Waals surface area (Å²) in [6, 6.07) is 14.9. The largest absolute Gasteiger partial charge is 0.691 e. The highest BCUT2D eigenvalue weighted by atomic mass is 16.5. The van der Waals surface area contributed by atoms with Crippen molar-refractivity contribution in [3.63, 3.8) is 0 Å². The van der Waals surface area contributed by atoms with E-state index in [1.807, 2.05) is 50.2 Å². The first-order chi connectivity index (χ1) is 8.65. The SMILES string of the molecule is Cc1ccc(N/N=[N+](\[O-])c2ccc(C)cc2)cc1. The van der Waals surface area contributed by atoms with Crippen LogP contribution in [0, 0.1) is 19.1 Å². The lowest BCUT2D eigenvalue weighted by Gasteiger charge is -2.05. The second kappa shape index (κ2) is 5.31. The quantitative estimate of drug-likeness (QED) is 0.503. The van der Waals surface area contributed by atoms with Crippen molar-refractivity contribution in [1.82, 2.24) is 0 Å². The molecular weight excluding hydrogens is 226 g/mol. The van der Waals surface area contributed by atoms with Crippen LogP contribution >= 0.6 is 0 Å². The first kappa shape index (κ1) is 12.1. The van der Waals surface area contributed by atoms with Gasteiger partial charge in [-0.25, -0.2) is 0 Å². The fraction of sp³-hybridized carbons (Fsp3) is 0.143. The first-order valence-corrected chi connectivity index (χ1v) is 5.72. The van der Waals surface area contributed by atoms with Gasteiger partial charge >= 0.3 is 0 Å². The van der Waals surface area contributed by atoms with Crippen LogP contribution < -0.4 is 5.43 Å². The topological polar surface area (TPSA) is 50.5 Å². The molecule has 2 rings (SSSR count). The number of nitrogens with zero attached hydrogens (tertiary/aromatic N) is 2. The Balaban J connectivity index is 2.09. The molecule has 0 fully saturated rings. The summed E-state index contributed by atoms with van der Waals surface area (Å²) in [6.45, 7) is 3.98. The van der Waals surface area contributed by atoms with E-state index in [0.29, 0.717) is 10.5 Å². The third kappa shape index (κ3) is 3.07. The average Bonchev–Trinajstić information content (AvgIpc) is 2.38. The van der Waals surface area contributed by atoms with Crippen LogP contribution in [0.15, 0.2) is 53.8 Å². The summed E-state index contributed by atoms with van der Waals surface area (Å²) in [5.74, 6) is 0. The van der Waals surface area contributed by atoms with Crippen LogP contribution in [0.1, 0.15) is 11.1 Å². The van der Waals surface area contributed by atoms with Crippen molar-refractivity contribution in [3.05, 3.63) is 64.9 Å². The molecule has 0 atom stereocenters. The van der Waals surface area contributed by atoms with Crippen molar-refractivity contribution in [1.29, 1.82) is 0 Å². The molecular formula is C14H15N3O. The van der Waals surface area contributed by atoms with Gasteiger partial charge in [0.25, 0.3) is 0 Å². The van der Waals surface area contributed by atoms with E-state index >= 15 is 0 Å². The zero-order valence-electron chi connectivity index (χ0n) is 10.4. The number of nitrogens with one attached hydrogen (secondary N) is 1. The van der Waals surface area contributed by atoms with E-state index in [4.69, 9.17) is 0 Å². The van der Waals surface area contributed by atoms with Gasteiger partial charge in [0.15, 0.2) is 5.69 Å². The van der Waals surface area contributed by atoms with Gasteiger partial charge in [0.2, 0.25) is 0 Å². The van der Waals surface area contributed by atoms with E-state index in [9.17, 15) is 5.21 Å². The van der Waals surface area contributed by atoms with Crippen LogP contribution in [0.25, 0.3) is 0 Å². The molecule has 0 heterocycles. The smallest absolute Gasteiger partial charge is 0.154 e. The van der Waals surface area contributed by atoms with Gasteiger partial charge in [0, 0.05) is 0 Å². The predicted molar refractivity (Wildman–Crippen MR) is 71.7 cm³/mol. The standard InChI is InChI=1S/C14H15N3O/c1-11-3-7-13(8-4-11)15-16-17(18)14-9-5-12(2)6-10-14/h3-10,15H,1-2H3/b17-16-. The maximum Gasteiger partial charge on any atom is 0.154 e. The Labute approximate surface area is 106 Å². The van der Waals surface area contributed by atoms with E-state index in [0.717, 1.165) is 16.8 Å². The fourth-order valence-electron chi connectivity index (χ4n) is 1.46. The van der Waals surface area contributed by atoms with Gasteiger partial charge in [-0.1, -0.05) is 35.4 Å². The Morgan fingerprint density at radius 1 is 0.889 bits per heavy atom. The number of rotatable bonds is 3. The second-order valence-corrected chi connectivity index (χ2v) is 4.19. The first-order valence-electron chi connectivity index (χ1n) is 5.72. The molecule has 0 radical (unpaired) electrons. The number of benzene rings is 2. The number of anilines is 1. The van der Waals surface area contributed by atoms with Crippen LogP contribution in [-0.2, 0) is 0 Å². The molecule has 0 amide bonds. The van der Waals surface area contributed by atoms with E-state index in [1.54, 1.807) is 12.1 Å². The third-order valence-corrected chi connectivity index (χ3v) is 2.58. The summed E-state index contributed by atoms with van der Waals surface area (Å²) in [5.41, 5.74) is 6.28. The molecule has 4 nitrogen and oxygen atoms in total. The summed E-state index contributed by atoms with van der Waals surface area (Å²) >= 11 is 0. The third-order valence-electron chi connectivity index (χ3n) is 2.58. The summed E-state index contributed by atoms with van der Waals surface area (Å²) in [4.78, 5) is 0.569. The van der Waals surface area contributed by atoms with Gasteiger partial charge < -0.3 is 5.21 Å². The normalized spacial score (nSPS) is 11.3. The van der Waals surface area contributed by atoms with Crippen LogP contribution in [0.5, 0.6) is 0 Å². The lowest BCUT2D eigenvalue weighted by atomic mass is 10.2. The Hall–Kier alpha value is -2.36. The van der Waals surface area contributed by atoms with Crippen molar-refractivity contribution >= 4 is 11.4 Å². The molecule has 2 aromatic carbocycles. The van der Waals surface area contributed by atoms with Crippen LogP contribution in [-0.4, -0.2) is 4.86 Å². The van der Waals surface area contributed by atoms with E-state index in [1.165, 1.54) is 0 Å². The molecule has 18 heavy (non-hydrogen) atoms. The van der Waals surface area contributed by atoms with E-state index < -0.39 is 0 Å². The van der Waals surface area contributed by atoms with Gasteiger partial charge in [-0.2, -0.15) is 0 Å². The van der Waals surface area contributed by atoms with Crippen molar-refractivity contribution in [2.24, 2.45) is 5.22 Å². The van der Waals surface area contributed by atoms with Crippen LogP contribution in [0.3, 0.4) is 0 Å². The summed E-state index contributed by atoms with van der Waals surface area (Å²) in [5, 5.41) is 15.4. The molecule has 1 N–H and O–H groups in total. The molecule has 4 heteroatoms. The Kier molecular flexibility index (Phi) is 3.57. The van der Waals surface area contributed by atoms with Crippen LogP contribution in [0.2, 0.25) is 0 Å². The minimum Gasteiger partial charge on any atom is -0.691 e. The molecule has 0 unspecified atom stereocenters. The number of hydrogen-bond donors (Lipinski definition) is 1. The molecule has 2 aromatic rings. The maximum absolute atomic E-state index is 11.7. The molecule has 0 spiro atoms. The molecule has 0 aliphatic carbocycles. The minimum atomic E-state index is 0.500. The summed E-state index contributed by atoms with van der Waals surface area (Å²) in [7, 11) is 0. The minimum absolute atomic E-state index is 0.500. The second-order valence-electron chi connectivity index (χ2n) is 4.19. The Morgan fingerprint density at radius 3 is 1.94 bits per heavy atom. The summed E-state index contributed by atoms with van der Waals surface area (Å²) < 4.78 is 0. The lowest BCUT2D eigenvalue weighted by Crippen LogP contribution is -1.97. The Bertz CT molecular complexity index is 544. The molecule has 92 valence electrons. The van der Waals surface area contributed by atoms with Gasteiger partial charge in [-0.05, 0) is 38.1 Å². The molecule has 0 aliphatic rings. The van der Waals surface area contributed by atoms with Crippen molar-refractivity contribution < 1.29 is 4.86 Å².